The van der Waals surface area contributed by atoms with Crippen LogP contribution in [-0.4, -0.2) is 97.1 Å². The minimum absolute atomic E-state index is 0.147. The largest absolute Gasteiger partial charge is 0.506 e. The molecule has 0 aliphatic heterocycles. The second-order valence-electron chi connectivity index (χ2n) is 8.36. The van der Waals surface area contributed by atoms with E-state index < -0.39 is 121 Å². The lowest BCUT2D eigenvalue weighted by Crippen LogP contribution is -2.27. The van der Waals surface area contributed by atoms with Gasteiger partial charge in [-0.25, -0.2) is 4.79 Å². The molecule has 0 fully saturated rings. The van der Waals surface area contributed by atoms with Gasteiger partial charge >= 0.3 is 5.97 Å². The van der Waals surface area contributed by atoms with Crippen LogP contribution in [0.1, 0.15) is 22.0 Å². The topological polar surface area (TPSA) is 324 Å². The summed E-state index contributed by atoms with van der Waals surface area (Å²) in [5.41, 5.74) is -4.88. The van der Waals surface area contributed by atoms with Gasteiger partial charge < -0.3 is 82.1 Å². The number of phenolic OH excluding ortho intramolecular Hbond substituents is 10. The van der Waals surface area contributed by atoms with Gasteiger partial charge in [0.2, 0.25) is 17.2 Å². The lowest BCUT2D eigenvalue weighted by Gasteiger charge is -2.20. The highest BCUT2D eigenvalue weighted by molar-refractivity contribution is 6.34. The molecule has 16 N–H and O–H groups in total. The van der Waals surface area contributed by atoms with Gasteiger partial charge in [0, 0.05) is 19.6 Å². The third-order valence-electron chi connectivity index (χ3n) is 5.90. The van der Waals surface area contributed by atoms with Crippen LogP contribution in [0.5, 0.6) is 69.0 Å². The molecule has 41 heavy (non-hydrogen) atoms. The Labute approximate surface area is 232 Å². The van der Waals surface area contributed by atoms with Crippen molar-refractivity contribution in [3.05, 3.63) is 16.1 Å². The number of nitrogens with one attached hydrogen (secondary N) is 2. The van der Waals surface area contributed by atoms with Crippen molar-refractivity contribution < 1.29 is 76.3 Å². The van der Waals surface area contributed by atoms with E-state index in [1.807, 2.05) is 0 Å². The van der Waals surface area contributed by atoms with E-state index in [1.54, 1.807) is 0 Å². The van der Waals surface area contributed by atoms with Crippen LogP contribution in [-0.2, 0) is 0 Å². The van der Waals surface area contributed by atoms with Crippen molar-refractivity contribution in [2.75, 3.05) is 25.0 Å². The van der Waals surface area contributed by atoms with E-state index in [-0.39, 0.29) is 13.1 Å². The number of hydrogen-bond acceptors (Lipinski definition) is 16. The molecule has 0 radical (unpaired) electrons. The van der Waals surface area contributed by atoms with E-state index >= 15 is 0 Å². The minimum Gasteiger partial charge on any atom is -0.506 e. The van der Waals surface area contributed by atoms with Crippen molar-refractivity contribution in [1.82, 2.24) is 5.32 Å². The van der Waals surface area contributed by atoms with Crippen molar-refractivity contribution >= 4 is 23.3 Å². The summed E-state index contributed by atoms with van der Waals surface area (Å²) < 4.78 is 0. The molecule has 0 saturated heterocycles. The Morgan fingerprint density at radius 2 is 1.12 bits per heavy atom. The van der Waals surface area contributed by atoms with Gasteiger partial charge in [-0.3, -0.25) is 0 Å². The van der Waals surface area contributed by atoms with Crippen molar-refractivity contribution in [3.63, 3.8) is 0 Å². The highest BCUT2D eigenvalue weighted by Crippen LogP contribution is 2.60. The molecule has 0 aromatic heterocycles. The predicted octanol–water partition coefficient (Wildman–Crippen LogP) is 0.908. The normalized spacial score (nSPS) is 11.9. The van der Waals surface area contributed by atoms with Gasteiger partial charge in [0.1, 0.15) is 27.8 Å². The zero-order chi connectivity index (χ0) is 31.1. The summed E-state index contributed by atoms with van der Waals surface area (Å²) in [6.45, 7) is -0.831. The number of aromatic hydroxyl groups is 12. The highest BCUT2D eigenvalue weighted by atomic mass is 35.5. The first-order valence-corrected chi connectivity index (χ1v) is 11.4. The van der Waals surface area contributed by atoms with E-state index in [0.717, 1.165) is 0 Å². The smallest absolute Gasteiger partial charge is 0.343 e. The molecule has 0 amide bonds. The quantitative estimate of drug-likeness (QED) is 0.0918. The average molecular weight is 603 g/mol. The molecule has 3 rings (SSSR count). The molecular weight excluding hydrogens is 580 g/mol. The Balaban J connectivity index is 1.88. The molecule has 222 valence electrons. The maximum atomic E-state index is 11.5. The number of halogens is 1. The highest BCUT2D eigenvalue weighted by Gasteiger charge is 2.34. The molecule has 1 atom stereocenters. The summed E-state index contributed by atoms with van der Waals surface area (Å²) in [7, 11) is 0. The molecule has 0 aliphatic rings. The molecule has 3 aromatic carbocycles. The van der Waals surface area contributed by atoms with Crippen LogP contribution in [0.25, 0.3) is 11.1 Å². The zero-order valence-corrected chi connectivity index (χ0v) is 21.0. The molecular formula is C23H23ClN2O15. The Kier molecular flexibility index (Phi) is 8.18. The Morgan fingerprint density at radius 3 is 1.68 bits per heavy atom. The maximum absolute atomic E-state index is 11.5. The average Bonchev–Trinajstić information content (AvgIpc) is 2.91. The number of hydrogen-bond donors (Lipinski definition) is 16. The van der Waals surface area contributed by atoms with Crippen molar-refractivity contribution in [3.8, 4) is 80.1 Å². The molecule has 17 nitrogen and oxygen atoms in total. The second-order valence-corrected chi connectivity index (χ2v) is 8.74. The van der Waals surface area contributed by atoms with Crippen LogP contribution in [0, 0.1) is 0 Å². The fraction of sp³-hybridized carbons (Fsp3) is 0.174. The summed E-state index contributed by atoms with van der Waals surface area (Å²) in [5, 5.41) is 145. The molecule has 1 unspecified atom stereocenters. The van der Waals surface area contributed by atoms with Crippen LogP contribution in [0.2, 0.25) is 5.02 Å². The number of carboxylic acids is 1. The standard InChI is InChI=1S/C23H23ClN2O15/c24-9-12(29)5(14(31)21(38)18(9)35)4(27)3-25-1-2-26-10-13(30)7(16(33)22(39)19(10)36)6-11(28)8(23(40)41)17(34)20(37)15(6)32/h4,25-39H,1-3H2,(H,40,41). The zero-order valence-electron chi connectivity index (χ0n) is 20.2. The summed E-state index contributed by atoms with van der Waals surface area (Å²) in [6.07, 6.45) is -1.69. The number of phenols is 12. The van der Waals surface area contributed by atoms with E-state index in [0.29, 0.717) is 0 Å². The Bertz CT molecular complexity index is 1530. The number of aliphatic hydroxyl groups is 1. The van der Waals surface area contributed by atoms with Gasteiger partial charge in [-0.2, -0.15) is 0 Å². The van der Waals surface area contributed by atoms with Crippen molar-refractivity contribution in [2.45, 2.75) is 6.10 Å². The summed E-state index contributed by atoms with van der Waals surface area (Å²) in [6, 6.07) is 0. The van der Waals surface area contributed by atoms with E-state index in [4.69, 9.17) is 11.6 Å². The van der Waals surface area contributed by atoms with Crippen molar-refractivity contribution in [1.29, 1.82) is 0 Å². The Hall–Kier alpha value is -5.26. The summed E-state index contributed by atoms with van der Waals surface area (Å²) >= 11 is 5.64. The summed E-state index contributed by atoms with van der Waals surface area (Å²) in [4.78, 5) is 11.5. The van der Waals surface area contributed by atoms with Crippen molar-refractivity contribution in [2.24, 2.45) is 0 Å². The molecule has 18 heteroatoms. The van der Waals surface area contributed by atoms with Crippen LogP contribution in [0.4, 0.5) is 5.69 Å². The SMILES string of the molecule is O=C(O)c1c(O)c(O)c(O)c(-c2c(O)c(O)c(O)c(NCCNCC(O)c3c(O)c(O)c(O)c(Cl)c3O)c2O)c1O. The number of carbonyl (C=O) groups is 1. The second kappa shape index (κ2) is 11.1. The Morgan fingerprint density at radius 1 is 0.610 bits per heavy atom. The van der Waals surface area contributed by atoms with Gasteiger partial charge in [-0.15, -0.1) is 0 Å². The van der Waals surface area contributed by atoms with Crippen LogP contribution >= 0.6 is 11.6 Å². The fourth-order valence-corrected chi connectivity index (χ4v) is 4.05. The number of aromatic carboxylic acids is 1. The van der Waals surface area contributed by atoms with E-state index in [1.165, 1.54) is 0 Å². The molecule has 0 spiro atoms. The van der Waals surface area contributed by atoms with Crippen LogP contribution in [0.3, 0.4) is 0 Å². The predicted molar refractivity (Wildman–Crippen MR) is 137 cm³/mol. The molecule has 3 aromatic rings. The molecule has 0 heterocycles. The first-order chi connectivity index (χ1) is 19.1. The number of benzene rings is 3. The third kappa shape index (κ3) is 4.95. The lowest BCUT2D eigenvalue weighted by molar-refractivity contribution is 0.0689. The van der Waals surface area contributed by atoms with Gasteiger partial charge in [-0.1, -0.05) is 11.6 Å². The first-order valence-electron chi connectivity index (χ1n) is 11.1. The number of anilines is 1. The van der Waals surface area contributed by atoms with Gasteiger partial charge in [0.25, 0.3) is 0 Å². The third-order valence-corrected chi connectivity index (χ3v) is 6.26. The lowest BCUT2D eigenvalue weighted by atomic mass is 9.95. The first kappa shape index (κ1) is 30.3. The van der Waals surface area contributed by atoms with Gasteiger partial charge in [0.05, 0.1) is 22.8 Å². The number of carboxylic acid groups (broad SMARTS) is 1. The van der Waals surface area contributed by atoms with Crippen LogP contribution in [0.15, 0.2) is 0 Å². The molecule has 0 bridgehead atoms. The minimum atomic E-state index is -1.99. The summed E-state index contributed by atoms with van der Waals surface area (Å²) in [5.74, 6) is -16.8. The van der Waals surface area contributed by atoms with Gasteiger partial charge in [0.15, 0.2) is 40.2 Å². The van der Waals surface area contributed by atoms with E-state index in [9.17, 15) is 76.3 Å². The monoisotopic (exact) mass is 602 g/mol. The fourth-order valence-electron chi connectivity index (χ4n) is 3.86. The molecule has 0 saturated carbocycles. The number of rotatable bonds is 9. The maximum Gasteiger partial charge on any atom is 0.343 e. The van der Waals surface area contributed by atoms with Crippen LogP contribution < -0.4 is 10.6 Å². The molecule has 0 aliphatic carbocycles. The van der Waals surface area contributed by atoms with Gasteiger partial charge in [-0.05, 0) is 0 Å². The van der Waals surface area contributed by atoms with E-state index in [2.05, 4.69) is 10.6 Å². The number of aliphatic hydroxyl groups excluding tert-OH is 1.